The van der Waals surface area contributed by atoms with Gasteiger partial charge in [0.2, 0.25) is 0 Å². The van der Waals surface area contributed by atoms with Gasteiger partial charge in [-0.15, -0.1) is 0 Å². The van der Waals surface area contributed by atoms with E-state index in [2.05, 4.69) is 69.2 Å². The van der Waals surface area contributed by atoms with Gasteiger partial charge in [0, 0.05) is 0 Å². The van der Waals surface area contributed by atoms with E-state index in [1.807, 2.05) is 0 Å². The number of hydrogen-bond donors (Lipinski definition) is 0. The maximum absolute atomic E-state index is 14.2. The van der Waals surface area contributed by atoms with E-state index in [0.717, 1.165) is 12.8 Å². The largest absolute Gasteiger partial charge is 0.465 e. The van der Waals surface area contributed by atoms with Crippen LogP contribution in [-0.2, 0) is 19.1 Å². The third kappa shape index (κ3) is 14.2. The highest BCUT2D eigenvalue weighted by Gasteiger charge is 2.61. The lowest BCUT2D eigenvalue weighted by Gasteiger charge is -2.49. The van der Waals surface area contributed by atoms with Gasteiger partial charge in [-0.05, 0) is 49.4 Å². The van der Waals surface area contributed by atoms with E-state index in [9.17, 15) is 9.59 Å². The Bertz CT molecular complexity index is 641. The summed E-state index contributed by atoms with van der Waals surface area (Å²) >= 11 is 0. The topological polar surface area (TPSA) is 52.6 Å². The van der Waals surface area contributed by atoms with Crippen LogP contribution in [-0.4, -0.2) is 25.2 Å². The van der Waals surface area contributed by atoms with Crippen molar-refractivity contribution in [3.63, 3.8) is 0 Å². The first-order valence-corrected chi connectivity index (χ1v) is 17.2. The van der Waals surface area contributed by atoms with Crippen LogP contribution in [0.25, 0.3) is 0 Å². The average Bonchev–Trinajstić information content (AvgIpc) is 2.87. The summed E-state index contributed by atoms with van der Waals surface area (Å²) in [6.07, 6.45) is 17.9. The van der Waals surface area contributed by atoms with Gasteiger partial charge in [-0.25, -0.2) is 0 Å². The SMILES string of the molecule is CCCCCCCCCCCCCCC(CC)(C(=O)OCC(C)C)C(CC(C)C)(CC(C)C)C(=O)OCC(C)C. The van der Waals surface area contributed by atoms with Crippen LogP contribution in [0.15, 0.2) is 0 Å². The smallest absolute Gasteiger partial charge is 0.313 e. The minimum atomic E-state index is -0.884. The molecule has 238 valence electrons. The number of unbranched alkanes of at least 4 members (excludes halogenated alkanes) is 11. The molecular weight excluding hydrogens is 496 g/mol. The van der Waals surface area contributed by atoms with Gasteiger partial charge in [-0.1, -0.05) is 146 Å². The Hall–Kier alpha value is -1.06. The van der Waals surface area contributed by atoms with Crippen molar-refractivity contribution in [2.75, 3.05) is 13.2 Å². The fourth-order valence-electron chi connectivity index (χ4n) is 6.45. The number of ether oxygens (including phenoxy) is 2. The highest BCUT2D eigenvalue weighted by atomic mass is 16.5. The number of hydrogen-bond acceptors (Lipinski definition) is 4. The highest BCUT2D eigenvalue weighted by Crippen LogP contribution is 2.55. The summed E-state index contributed by atoms with van der Waals surface area (Å²) < 4.78 is 12.0. The Morgan fingerprint density at radius 3 is 1.18 bits per heavy atom. The minimum Gasteiger partial charge on any atom is -0.465 e. The van der Waals surface area contributed by atoms with Crippen LogP contribution in [0.5, 0.6) is 0 Å². The molecular formula is C36H70O4. The van der Waals surface area contributed by atoms with Gasteiger partial charge in [-0.3, -0.25) is 9.59 Å². The second-order valence-electron chi connectivity index (χ2n) is 14.3. The quantitative estimate of drug-likeness (QED) is 0.0814. The first-order chi connectivity index (χ1) is 18.9. The number of carbonyl (C=O) groups excluding carboxylic acids is 2. The molecule has 0 radical (unpaired) electrons. The molecule has 0 saturated carbocycles. The molecule has 0 aliphatic carbocycles. The predicted molar refractivity (Wildman–Crippen MR) is 171 cm³/mol. The molecule has 1 unspecified atom stereocenters. The molecule has 1 atom stereocenters. The van der Waals surface area contributed by atoms with Crippen LogP contribution in [0.4, 0.5) is 0 Å². The molecule has 0 bridgehead atoms. The van der Waals surface area contributed by atoms with Gasteiger partial charge in [0.1, 0.15) is 0 Å². The van der Waals surface area contributed by atoms with Gasteiger partial charge < -0.3 is 9.47 Å². The van der Waals surface area contributed by atoms with E-state index >= 15 is 0 Å². The Labute approximate surface area is 250 Å². The molecule has 0 fully saturated rings. The number of carbonyl (C=O) groups is 2. The average molecular weight is 567 g/mol. The van der Waals surface area contributed by atoms with Gasteiger partial charge in [0.15, 0.2) is 0 Å². The van der Waals surface area contributed by atoms with Gasteiger partial charge in [0.05, 0.1) is 24.0 Å². The first-order valence-electron chi connectivity index (χ1n) is 17.2. The Kier molecular flexibility index (Phi) is 21.0. The molecule has 0 saturated heterocycles. The van der Waals surface area contributed by atoms with E-state index in [1.54, 1.807) is 0 Å². The van der Waals surface area contributed by atoms with Crippen molar-refractivity contribution < 1.29 is 19.1 Å². The molecule has 0 amide bonds. The molecule has 0 N–H and O–H groups in total. The summed E-state index contributed by atoms with van der Waals surface area (Å²) in [5.74, 6) is 0.649. The monoisotopic (exact) mass is 567 g/mol. The third-order valence-corrected chi connectivity index (χ3v) is 8.37. The molecule has 0 spiro atoms. The fraction of sp³-hybridized carbons (Fsp3) is 0.944. The lowest BCUT2D eigenvalue weighted by atomic mass is 9.54. The van der Waals surface area contributed by atoms with Crippen LogP contribution < -0.4 is 0 Å². The second-order valence-corrected chi connectivity index (χ2v) is 14.3. The van der Waals surface area contributed by atoms with Crippen molar-refractivity contribution in [1.29, 1.82) is 0 Å². The van der Waals surface area contributed by atoms with E-state index in [1.165, 1.54) is 64.2 Å². The van der Waals surface area contributed by atoms with Crippen LogP contribution in [0.2, 0.25) is 0 Å². The molecule has 0 aliphatic rings. The van der Waals surface area contributed by atoms with Crippen LogP contribution in [0.1, 0.15) is 172 Å². The predicted octanol–water partition coefficient (Wildman–Crippen LogP) is 11.0. The van der Waals surface area contributed by atoms with E-state index in [4.69, 9.17) is 9.47 Å². The molecule has 0 aliphatic heterocycles. The number of rotatable bonds is 25. The van der Waals surface area contributed by atoms with Crippen molar-refractivity contribution in [3.05, 3.63) is 0 Å². The van der Waals surface area contributed by atoms with Crippen molar-refractivity contribution >= 4 is 11.9 Å². The van der Waals surface area contributed by atoms with Crippen molar-refractivity contribution in [1.82, 2.24) is 0 Å². The third-order valence-electron chi connectivity index (χ3n) is 8.37. The maximum Gasteiger partial charge on any atom is 0.313 e. The first kappa shape index (κ1) is 38.9. The number of esters is 2. The zero-order valence-electron chi connectivity index (χ0n) is 28.7. The highest BCUT2D eigenvalue weighted by molar-refractivity contribution is 5.88. The molecule has 0 aromatic heterocycles. The van der Waals surface area contributed by atoms with Crippen molar-refractivity contribution in [3.8, 4) is 0 Å². The van der Waals surface area contributed by atoms with E-state index < -0.39 is 10.8 Å². The summed E-state index contributed by atoms with van der Waals surface area (Å²) in [6.45, 7) is 22.0. The normalized spacial score (nSPS) is 13.8. The molecule has 0 aromatic carbocycles. The summed E-state index contributed by atoms with van der Waals surface area (Å²) in [5, 5.41) is 0. The fourth-order valence-corrected chi connectivity index (χ4v) is 6.45. The van der Waals surface area contributed by atoms with Crippen molar-refractivity contribution in [2.45, 2.75) is 172 Å². The lowest BCUT2D eigenvalue weighted by Crippen LogP contribution is -2.55. The van der Waals surface area contributed by atoms with Gasteiger partial charge in [-0.2, -0.15) is 0 Å². The Morgan fingerprint density at radius 2 is 0.850 bits per heavy atom. The zero-order chi connectivity index (χ0) is 30.6. The van der Waals surface area contributed by atoms with Gasteiger partial charge in [0.25, 0.3) is 0 Å². The molecule has 40 heavy (non-hydrogen) atoms. The van der Waals surface area contributed by atoms with Crippen molar-refractivity contribution in [2.24, 2.45) is 34.5 Å². The standard InChI is InChI=1S/C36H70O4/c1-11-13-14-15-16-17-18-19-20-21-22-23-24-35(12-2,33(37)39-27-31(7)8)36(25-29(3)4,26-30(5)6)34(38)40-28-32(9)10/h29-32H,11-28H2,1-10H3. The Morgan fingerprint density at radius 1 is 0.500 bits per heavy atom. The lowest BCUT2D eigenvalue weighted by molar-refractivity contribution is -0.189. The molecule has 0 heterocycles. The molecule has 0 aromatic rings. The van der Waals surface area contributed by atoms with E-state index in [-0.39, 0.29) is 35.6 Å². The summed E-state index contributed by atoms with van der Waals surface area (Å²) in [6, 6.07) is 0. The summed E-state index contributed by atoms with van der Waals surface area (Å²) in [5.41, 5.74) is -1.76. The molecule has 4 nitrogen and oxygen atoms in total. The van der Waals surface area contributed by atoms with E-state index in [0.29, 0.717) is 38.9 Å². The molecule has 4 heteroatoms. The van der Waals surface area contributed by atoms with Crippen LogP contribution in [0, 0.1) is 34.5 Å². The van der Waals surface area contributed by atoms with Gasteiger partial charge >= 0.3 is 11.9 Å². The minimum absolute atomic E-state index is 0.186. The molecule has 0 rings (SSSR count). The summed E-state index contributed by atoms with van der Waals surface area (Å²) in [7, 11) is 0. The maximum atomic E-state index is 14.2. The second kappa shape index (κ2) is 21.6. The van der Waals surface area contributed by atoms with Crippen LogP contribution >= 0.6 is 0 Å². The Balaban J connectivity index is 5.77. The van der Waals surface area contributed by atoms with Crippen LogP contribution in [0.3, 0.4) is 0 Å². The zero-order valence-corrected chi connectivity index (χ0v) is 28.7. The summed E-state index contributed by atoms with van der Waals surface area (Å²) in [4.78, 5) is 28.3.